The first-order valence-corrected chi connectivity index (χ1v) is 11.0. The summed E-state index contributed by atoms with van der Waals surface area (Å²) in [6.07, 6.45) is 8.01. The van der Waals surface area contributed by atoms with Crippen LogP contribution in [-0.4, -0.2) is 69.0 Å². The Kier molecular flexibility index (Phi) is 5.84. The van der Waals surface area contributed by atoms with Crippen molar-refractivity contribution in [3.05, 3.63) is 60.8 Å². The van der Waals surface area contributed by atoms with Crippen molar-refractivity contribution in [1.29, 1.82) is 0 Å². The molecule has 1 N–H and O–H groups in total. The second-order valence-electron chi connectivity index (χ2n) is 7.96. The molecule has 168 valence electrons. The van der Waals surface area contributed by atoms with Gasteiger partial charge in [0.2, 0.25) is 11.8 Å². The lowest BCUT2D eigenvalue weighted by molar-refractivity contribution is -0.131. The van der Waals surface area contributed by atoms with Crippen LogP contribution in [0.5, 0.6) is 5.88 Å². The Balaban J connectivity index is 1.23. The second-order valence-corrected chi connectivity index (χ2v) is 7.96. The van der Waals surface area contributed by atoms with Gasteiger partial charge >= 0.3 is 0 Å². The number of carbonyl (C=O) groups excluding carboxylic acids is 1. The lowest BCUT2D eigenvalue weighted by atomic mass is 10.1. The number of piperazine rings is 1. The molecule has 5 heterocycles. The molecule has 33 heavy (non-hydrogen) atoms. The van der Waals surface area contributed by atoms with Gasteiger partial charge in [-0.1, -0.05) is 0 Å². The standard InChI is InChI=1S/C24H25N7O2/c1-33-21-13-17(6-8-26-21)4-5-22(32)30-9-11-31(12-10-30)24-19-14-20(18-3-2-7-25-15-18)29-23(19)27-16-28-24/h2-3,6-8,13-16H,4-5,9-12H2,1H3,(H,27,28,29). The number of anilines is 1. The fraction of sp³-hybridized carbons (Fsp3) is 0.292. The molecule has 9 heteroatoms. The van der Waals surface area contributed by atoms with E-state index in [0.717, 1.165) is 46.8 Å². The second kappa shape index (κ2) is 9.23. The van der Waals surface area contributed by atoms with Crippen LogP contribution in [0, 0.1) is 0 Å². The number of pyridine rings is 2. The lowest BCUT2D eigenvalue weighted by Crippen LogP contribution is -2.49. The molecule has 1 aliphatic heterocycles. The number of ether oxygens (including phenoxy) is 1. The number of rotatable bonds is 6. The quantitative estimate of drug-likeness (QED) is 0.489. The maximum atomic E-state index is 12.8. The highest BCUT2D eigenvalue weighted by molar-refractivity contribution is 5.92. The number of amides is 1. The van der Waals surface area contributed by atoms with Crippen LogP contribution in [0.3, 0.4) is 0 Å². The van der Waals surface area contributed by atoms with E-state index in [1.165, 1.54) is 0 Å². The van der Waals surface area contributed by atoms with Crippen molar-refractivity contribution in [2.24, 2.45) is 0 Å². The summed E-state index contributed by atoms with van der Waals surface area (Å²) in [5, 5.41) is 0.975. The number of H-pyrrole nitrogens is 1. The third kappa shape index (κ3) is 4.48. The summed E-state index contributed by atoms with van der Waals surface area (Å²) in [4.78, 5) is 37.6. The first kappa shape index (κ1) is 20.9. The van der Waals surface area contributed by atoms with Crippen LogP contribution in [-0.2, 0) is 11.2 Å². The molecule has 1 saturated heterocycles. The van der Waals surface area contributed by atoms with Crippen molar-refractivity contribution in [1.82, 2.24) is 29.8 Å². The van der Waals surface area contributed by atoms with E-state index in [9.17, 15) is 4.79 Å². The van der Waals surface area contributed by atoms with Gasteiger partial charge in [0.15, 0.2) is 0 Å². The van der Waals surface area contributed by atoms with Crippen molar-refractivity contribution in [2.75, 3.05) is 38.2 Å². The first-order chi connectivity index (χ1) is 16.2. The van der Waals surface area contributed by atoms with E-state index in [0.29, 0.717) is 31.8 Å². The zero-order valence-electron chi connectivity index (χ0n) is 18.4. The number of methoxy groups -OCH3 is 1. The molecule has 4 aromatic rings. The molecular weight excluding hydrogens is 418 g/mol. The van der Waals surface area contributed by atoms with Crippen LogP contribution in [0.15, 0.2) is 55.2 Å². The molecule has 1 fully saturated rings. The van der Waals surface area contributed by atoms with Gasteiger partial charge in [-0.05, 0) is 36.2 Å². The first-order valence-electron chi connectivity index (χ1n) is 11.0. The Morgan fingerprint density at radius 2 is 1.97 bits per heavy atom. The number of carbonyl (C=O) groups is 1. The molecule has 4 aromatic heterocycles. The van der Waals surface area contributed by atoms with Crippen LogP contribution in [0.25, 0.3) is 22.3 Å². The summed E-state index contributed by atoms with van der Waals surface area (Å²) in [5.74, 6) is 1.63. The Bertz CT molecular complexity index is 1250. The number of aryl methyl sites for hydroxylation is 1. The topological polar surface area (TPSA) is 100 Å². The van der Waals surface area contributed by atoms with E-state index in [2.05, 4.69) is 35.9 Å². The summed E-state index contributed by atoms with van der Waals surface area (Å²) >= 11 is 0. The summed E-state index contributed by atoms with van der Waals surface area (Å²) < 4.78 is 5.16. The lowest BCUT2D eigenvalue weighted by Gasteiger charge is -2.35. The molecule has 0 aliphatic carbocycles. The van der Waals surface area contributed by atoms with Gasteiger partial charge in [-0.25, -0.2) is 15.0 Å². The minimum Gasteiger partial charge on any atom is -0.481 e. The number of aromatic amines is 1. The third-order valence-electron chi connectivity index (χ3n) is 5.95. The minimum atomic E-state index is 0.166. The molecule has 5 rings (SSSR count). The van der Waals surface area contributed by atoms with E-state index in [-0.39, 0.29) is 5.91 Å². The molecule has 9 nitrogen and oxygen atoms in total. The third-order valence-corrected chi connectivity index (χ3v) is 5.95. The molecule has 0 unspecified atom stereocenters. The minimum absolute atomic E-state index is 0.166. The van der Waals surface area contributed by atoms with Crippen LogP contribution < -0.4 is 9.64 Å². The number of fused-ring (bicyclic) bond motifs is 1. The predicted octanol–water partition coefficient (Wildman–Crippen LogP) is 2.70. The zero-order chi connectivity index (χ0) is 22.6. The van der Waals surface area contributed by atoms with Gasteiger partial charge in [0, 0.05) is 68.5 Å². The van der Waals surface area contributed by atoms with Crippen molar-refractivity contribution < 1.29 is 9.53 Å². The predicted molar refractivity (Wildman–Crippen MR) is 125 cm³/mol. The number of hydrogen-bond donors (Lipinski definition) is 1. The van der Waals surface area contributed by atoms with Crippen molar-refractivity contribution in [2.45, 2.75) is 12.8 Å². The number of nitrogens with zero attached hydrogens (tertiary/aromatic N) is 6. The monoisotopic (exact) mass is 443 g/mol. The summed E-state index contributed by atoms with van der Waals surface area (Å²) in [5.41, 5.74) is 3.81. The van der Waals surface area contributed by atoms with Gasteiger partial charge in [-0.15, -0.1) is 0 Å². The maximum absolute atomic E-state index is 12.8. The highest BCUT2D eigenvalue weighted by atomic mass is 16.5. The van der Waals surface area contributed by atoms with Crippen LogP contribution in [0.2, 0.25) is 0 Å². The number of nitrogens with one attached hydrogen (secondary N) is 1. The molecule has 1 aliphatic rings. The normalized spacial score (nSPS) is 14.0. The van der Waals surface area contributed by atoms with E-state index < -0.39 is 0 Å². The summed E-state index contributed by atoms with van der Waals surface area (Å²) in [6, 6.07) is 9.79. The van der Waals surface area contributed by atoms with Gasteiger partial charge in [0.05, 0.1) is 12.5 Å². The van der Waals surface area contributed by atoms with Gasteiger partial charge in [-0.2, -0.15) is 0 Å². The summed E-state index contributed by atoms with van der Waals surface area (Å²) in [6.45, 7) is 2.80. The van der Waals surface area contributed by atoms with Gasteiger partial charge < -0.3 is 19.5 Å². The highest BCUT2D eigenvalue weighted by Gasteiger charge is 2.23. The maximum Gasteiger partial charge on any atom is 0.223 e. The Hall–Kier alpha value is -4.01. The highest BCUT2D eigenvalue weighted by Crippen LogP contribution is 2.29. The van der Waals surface area contributed by atoms with Gasteiger partial charge in [0.25, 0.3) is 0 Å². The van der Waals surface area contributed by atoms with Crippen molar-refractivity contribution >= 4 is 22.8 Å². The SMILES string of the molecule is COc1cc(CCC(=O)N2CCN(c3ncnc4[nH]c(-c5cccnc5)cc34)CC2)ccn1. The molecule has 0 bridgehead atoms. The fourth-order valence-corrected chi connectivity index (χ4v) is 4.15. The van der Waals surface area contributed by atoms with Crippen LogP contribution in [0.4, 0.5) is 5.82 Å². The van der Waals surface area contributed by atoms with E-state index in [1.807, 2.05) is 35.4 Å². The van der Waals surface area contributed by atoms with E-state index in [4.69, 9.17) is 4.74 Å². The van der Waals surface area contributed by atoms with Gasteiger partial charge in [-0.3, -0.25) is 9.78 Å². The molecular formula is C24H25N7O2. The van der Waals surface area contributed by atoms with Gasteiger partial charge in [0.1, 0.15) is 17.8 Å². The summed E-state index contributed by atoms with van der Waals surface area (Å²) in [7, 11) is 1.59. The Morgan fingerprint density at radius 3 is 2.76 bits per heavy atom. The Morgan fingerprint density at radius 1 is 1.09 bits per heavy atom. The fourth-order valence-electron chi connectivity index (χ4n) is 4.15. The molecule has 0 radical (unpaired) electrons. The smallest absolute Gasteiger partial charge is 0.223 e. The van der Waals surface area contributed by atoms with Crippen LogP contribution >= 0.6 is 0 Å². The van der Waals surface area contributed by atoms with E-state index in [1.54, 1.807) is 25.8 Å². The zero-order valence-corrected chi connectivity index (χ0v) is 18.4. The van der Waals surface area contributed by atoms with Crippen LogP contribution in [0.1, 0.15) is 12.0 Å². The average molecular weight is 444 g/mol. The number of hydrogen-bond acceptors (Lipinski definition) is 7. The van der Waals surface area contributed by atoms with Crippen molar-refractivity contribution in [3.8, 4) is 17.1 Å². The number of aromatic nitrogens is 5. The average Bonchev–Trinajstić information content (AvgIpc) is 3.33. The molecule has 0 atom stereocenters. The van der Waals surface area contributed by atoms with E-state index >= 15 is 0 Å². The molecule has 0 saturated carbocycles. The largest absolute Gasteiger partial charge is 0.481 e. The molecule has 0 aromatic carbocycles. The molecule has 0 spiro atoms. The Labute approximate surface area is 191 Å². The molecule has 1 amide bonds. The van der Waals surface area contributed by atoms with Crippen molar-refractivity contribution in [3.63, 3.8) is 0 Å².